The monoisotopic (exact) mass is 301 g/mol. The smallest absolute Gasteiger partial charge is 0.0411 e. The maximum Gasteiger partial charge on any atom is 0.0411 e. The van der Waals surface area contributed by atoms with E-state index in [2.05, 4.69) is 46.0 Å². The molecule has 4 heteroatoms. The summed E-state index contributed by atoms with van der Waals surface area (Å²) in [6, 6.07) is 6.55. The van der Waals surface area contributed by atoms with Crippen molar-refractivity contribution in [3.8, 4) is 0 Å². The van der Waals surface area contributed by atoms with E-state index in [9.17, 15) is 4.21 Å². The quantitative estimate of drug-likeness (QED) is 0.782. The van der Waals surface area contributed by atoms with Crippen LogP contribution < -0.4 is 4.90 Å². The number of hydrogen-bond acceptors (Lipinski definition) is 2. The van der Waals surface area contributed by atoms with Crippen LogP contribution in [0.15, 0.2) is 18.2 Å². The van der Waals surface area contributed by atoms with Crippen LogP contribution in [0.25, 0.3) is 0 Å². The largest absolute Gasteiger partial charge is 0.369 e. The minimum absolute atomic E-state index is 0.596. The molecule has 2 nitrogen and oxygen atoms in total. The zero-order valence-corrected chi connectivity index (χ0v) is 11.8. The van der Waals surface area contributed by atoms with Gasteiger partial charge in [0.15, 0.2) is 0 Å². The number of anilines is 1. The van der Waals surface area contributed by atoms with Crippen LogP contribution in [-0.4, -0.2) is 28.8 Å². The third-order valence-corrected chi connectivity index (χ3v) is 4.86. The van der Waals surface area contributed by atoms with Gasteiger partial charge >= 0.3 is 0 Å². The van der Waals surface area contributed by atoms with Gasteiger partial charge in [-0.3, -0.25) is 4.21 Å². The van der Waals surface area contributed by atoms with Gasteiger partial charge in [-0.25, -0.2) is 0 Å². The van der Waals surface area contributed by atoms with Gasteiger partial charge in [0.1, 0.15) is 0 Å². The SMILES string of the molecule is Cc1cc(CBr)ccc1N1CCS(=O)CC1. The van der Waals surface area contributed by atoms with E-state index in [1.54, 1.807) is 0 Å². The van der Waals surface area contributed by atoms with Crippen molar-refractivity contribution in [3.63, 3.8) is 0 Å². The Labute approximate surface area is 108 Å². The Morgan fingerprint density at radius 2 is 2.06 bits per heavy atom. The van der Waals surface area contributed by atoms with Gasteiger partial charge in [0.2, 0.25) is 0 Å². The Bertz CT molecular complexity index is 398. The minimum atomic E-state index is -0.596. The first-order chi connectivity index (χ1) is 7.70. The predicted molar refractivity (Wildman–Crippen MR) is 73.9 cm³/mol. The molecule has 0 spiro atoms. The number of nitrogens with zero attached hydrogens (tertiary/aromatic N) is 1. The van der Waals surface area contributed by atoms with E-state index in [0.717, 1.165) is 29.9 Å². The molecule has 0 atom stereocenters. The van der Waals surface area contributed by atoms with Crippen molar-refractivity contribution in [2.75, 3.05) is 29.5 Å². The average molecular weight is 302 g/mol. The Morgan fingerprint density at radius 1 is 1.38 bits per heavy atom. The number of hydrogen-bond donors (Lipinski definition) is 0. The van der Waals surface area contributed by atoms with Crippen molar-refractivity contribution in [3.05, 3.63) is 29.3 Å². The molecule has 1 heterocycles. The highest BCUT2D eigenvalue weighted by atomic mass is 79.9. The third kappa shape index (κ3) is 2.66. The summed E-state index contributed by atoms with van der Waals surface area (Å²) in [6.45, 7) is 3.98. The molecular formula is C12H16BrNOS. The van der Waals surface area contributed by atoms with Gasteiger partial charge in [-0.2, -0.15) is 0 Å². The average Bonchev–Trinajstić information content (AvgIpc) is 2.30. The van der Waals surface area contributed by atoms with E-state index >= 15 is 0 Å². The molecule has 16 heavy (non-hydrogen) atoms. The second-order valence-electron chi connectivity index (χ2n) is 4.09. The van der Waals surface area contributed by atoms with E-state index in [0.29, 0.717) is 0 Å². The van der Waals surface area contributed by atoms with Crippen molar-refractivity contribution in [1.29, 1.82) is 0 Å². The minimum Gasteiger partial charge on any atom is -0.369 e. The molecule has 0 radical (unpaired) electrons. The summed E-state index contributed by atoms with van der Waals surface area (Å²) in [6.07, 6.45) is 0. The molecule has 1 aromatic rings. The molecule has 1 saturated heterocycles. The summed E-state index contributed by atoms with van der Waals surface area (Å²) >= 11 is 3.47. The van der Waals surface area contributed by atoms with Crippen LogP contribution in [0.2, 0.25) is 0 Å². The lowest BCUT2D eigenvalue weighted by atomic mass is 10.1. The zero-order chi connectivity index (χ0) is 11.5. The van der Waals surface area contributed by atoms with Crippen molar-refractivity contribution in [2.45, 2.75) is 12.3 Å². The highest BCUT2D eigenvalue weighted by molar-refractivity contribution is 9.08. The van der Waals surface area contributed by atoms with Crippen molar-refractivity contribution < 1.29 is 4.21 Å². The lowest BCUT2D eigenvalue weighted by molar-refractivity contribution is 0.673. The molecule has 1 aliphatic heterocycles. The number of alkyl halides is 1. The third-order valence-electron chi connectivity index (χ3n) is 2.93. The highest BCUT2D eigenvalue weighted by Gasteiger charge is 2.16. The lowest BCUT2D eigenvalue weighted by Crippen LogP contribution is -2.38. The van der Waals surface area contributed by atoms with E-state index in [4.69, 9.17) is 0 Å². The fourth-order valence-electron chi connectivity index (χ4n) is 2.03. The van der Waals surface area contributed by atoms with E-state index in [1.165, 1.54) is 16.8 Å². The fraction of sp³-hybridized carbons (Fsp3) is 0.500. The Hall–Kier alpha value is -0.350. The molecular weight excluding hydrogens is 286 g/mol. The standard InChI is InChI=1S/C12H16BrNOS/c1-10-8-11(9-13)2-3-12(10)14-4-6-16(15)7-5-14/h2-3,8H,4-7,9H2,1H3. The molecule has 0 aliphatic carbocycles. The van der Waals surface area contributed by atoms with Crippen LogP contribution in [0.3, 0.4) is 0 Å². The highest BCUT2D eigenvalue weighted by Crippen LogP contribution is 2.23. The topological polar surface area (TPSA) is 20.3 Å². The second kappa shape index (κ2) is 5.32. The Kier molecular flexibility index (Phi) is 4.03. The number of aryl methyl sites for hydroxylation is 1. The van der Waals surface area contributed by atoms with E-state index < -0.39 is 10.8 Å². The molecule has 1 aliphatic rings. The summed E-state index contributed by atoms with van der Waals surface area (Å²) in [5, 5.41) is 0.901. The van der Waals surface area contributed by atoms with Crippen LogP contribution in [0.5, 0.6) is 0 Å². The van der Waals surface area contributed by atoms with Gasteiger partial charge < -0.3 is 4.90 Å². The maximum atomic E-state index is 11.3. The van der Waals surface area contributed by atoms with Crippen LogP contribution in [0, 0.1) is 6.92 Å². The molecule has 0 unspecified atom stereocenters. The van der Waals surface area contributed by atoms with E-state index in [1.807, 2.05) is 0 Å². The molecule has 0 N–H and O–H groups in total. The number of halogens is 1. The molecule has 0 amide bonds. The predicted octanol–water partition coefficient (Wildman–Crippen LogP) is 2.46. The molecule has 2 rings (SSSR count). The summed E-state index contributed by atoms with van der Waals surface area (Å²) in [4.78, 5) is 2.34. The van der Waals surface area contributed by atoms with Crippen LogP contribution in [-0.2, 0) is 16.1 Å². The van der Waals surface area contributed by atoms with Crippen molar-refractivity contribution in [2.24, 2.45) is 0 Å². The van der Waals surface area contributed by atoms with Crippen LogP contribution in [0.1, 0.15) is 11.1 Å². The fourth-order valence-corrected chi connectivity index (χ4v) is 3.44. The first-order valence-corrected chi connectivity index (χ1v) is 8.07. The number of rotatable bonds is 2. The second-order valence-corrected chi connectivity index (χ2v) is 6.35. The Morgan fingerprint density at radius 3 is 2.62 bits per heavy atom. The molecule has 0 saturated carbocycles. The molecule has 88 valence electrons. The molecule has 0 aromatic heterocycles. The van der Waals surface area contributed by atoms with Crippen molar-refractivity contribution in [1.82, 2.24) is 0 Å². The molecule has 0 bridgehead atoms. The normalized spacial score (nSPS) is 17.8. The Balaban J connectivity index is 2.17. The van der Waals surface area contributed by atoms with Gasteiger partial charge in [0.25, 0.3) is 0 Å². The van der Waals surface area contributed by atoms with Crippen molar-refractivity contribution >= 4 is 32.4 Å². The number of benzene rings is 1. The van der Waals surface area contributed by atoms with Crippen LogP contribution >= 0.6 is 15.9 Å². The first kappa shape index (κ1) is 12.1. The van der Waals surface area contributed by atoms with Gasteiger partial charge in [-0.05, 0) is 24.1 Å². The van der Waals surface area contributed by atoms with Gasteiger partial charge in [-0.1, -0.05) is 28.1 Å². The zero-order valence-electron chi connectivity index (χ0n) is 9.41. The first-order valence-electron chi connectivity index (χ1n) is 5.46. The van der Waals surface area contributed by atoms with Crippen LogP contribution in [0.4, 0.5) is 5.69 Å². The van der Waals surface area contributed by atoms with E-state index in [-0.39, 0.29) is 0 Å². The molecule has 1 aromatic carbocycles. The molecule has 1 fully saturated rings. The summed E-state index contributed by atoms with van der Waals surface area (Å²) in [5.74, 6) is 1.61. The maximum absolute atomic E-state index is 11.3. The van der Waals surface area contributed by atoms with Gasteiger partial charge in [0.05, 0.1) is 0 Å². The summed E-state index contributed by atoms with van der Waals surface area (Å²) in [5.41, 5.74) is 3.91. The summed E-state index contributed by atoms with van der Waals surface area (Å²) < 4.78 is 11.3. The van der Waals surface area contributed by atoms with Gasteiger partial charge in [-0.15, -0.1) is 0 Å². The van der Waals surface area contributed by atoms with Gasteiger partial charge in [0, 0.05) is 46.4 Å². The summed E-state index contributed by atoms with van der Waals surface area (Å²) in [7, 11) is -0.596. The lowest BCUT2D eigenvalue weighted by Gasteiger charge is -2.29.